The number of carbonyl (C=O) groups excluding carboxylic acids is 1. The molecule has 0 aliphatic rings. The van der Waals surface area contributed by atoms with Crippen LogP contribution in [0, 0.1) is 13.8 Å². The van der Waals surface area contributed by atoms with Crippen molar-refractivity contribution in [3.8, 4) is 5.75 Å². The number of nitrogens with zero attached hydrogens (tertiary/aromatic N) is 3. The number of benzene rings is 2. The van der Waals surface area contributed by atoms with Crippen molar-refractivity contribution in [1.29, 1.82) is 0 Å². The van der Waals surface area contributed by atoms with E-state index in [1.54, 1.807) is 24.5 Å². The first kappa shape index (κ1) is 20.6. The molecule has 2 aromatic heterocycles. The summed E-state index contributed by atoms with van der Waals surface area (Å²) in [5.74, 6) is 1.61. The summed E-state index contributed by atoms with van der Waals surface area (Å²) in [5.41, 5.74) is 4.94. The topological polar surface area (TPSA) is 69.0 Å². The Bertz CT molecular complexity index is 1180. The summed E-state index contributed by atoms with van der Waals surface area (Å²) in [6.07, 6.45) is 4.05. The predicted molar refractivity (Wildman–Crippen MR) is 121 cm³/mol. The first-order chi connectivity index (χ1) is 15.1. The van der Waals surface area contributed by atoms with Crippen LogP contribution in [0.2, 0.25) is 0 Å². The Labute approximate surface area is 181 Å². The standard InChI is InChI=1S/C25H26N4O2/c1-18-8-9-23(19(2)16-18)31-15-5-14-29-22-7-4-3-6-21(22)28-24(29)17-27-25(30)20-10-12-26-13-11-20/h3-4,6-13,16H,5,14-15,17H2,1-2H3,(H,27,30). The van der Waals surface area contributed by atoms with E-state index >= 15 is 0 Å². The van der Waals surface area contributed by atoms with Crippen LogP contribution in [0.4, 0.5) is 0 Å². The molecule has 1 amide bonds. The van der Waals surface area contributed by atoms with E-state index in [2.05, 4.69) is 46.9 Å². The number of hydrogen-bond acceptors (Lipinski definition) is 4. The van der Waals surface area contributed by atoms with Crippen LogP contribution in [-0.4, -0.2) is 27.0 Å². The molecular formula is C25H26N4O2. The van der Waals surface area contributed by atoms with Gasteiger partial charge in [-0.1, -0.05) is 29.8 Å². The summed E-state index contributed by atoms with van der Waals surface area (Å²) in [4.78, 5) is 21.1. The number of ether oxygens (including phenoxy) is 1. The number of imidazole rings is 1. The number of pyridine rings is 1. The third kappa shape index (κ3) is 4.91. The lowest BCUT2D eigenvalue weighted by Gasteiger charge is -2.12. The highest BCUT2D eigenvalue weighted by Gasteiger charge is 2.12. The molecule has 0 spiro atoms. The number of fused-ring (bicyclic) bond motifs is 1. The summed E-state index contributed by atoms with van der Waals surface area (Å²) in [5, 5.41) is 2.96. The molecular weight excluding hydrogens is 388 g/mol. The van der Waals surface area contributed by atoms with Gasteiger partial charge in [0, 0.05) is 24.5 Å². The molecule has 1 N–H and O–H groups in total. The van der Waals surface area contributed by atoms with Crippen LogP contribution < -0.4 is 10.1 Å². The van der Waals surface area contributed by atoms with Crippen molar-refractivity contribution >= 4 is 16.9 Å². The number of carbonyl (C=O) groups is 1. The fourth-order valence-electron chi connectivity index (χ4n) is 3.64. The third-order valence-corrected chi connectivity index (χ3v) is 5.20. The molecule has 0 fully saturated rings. The number of rotatable bonds is 8. The Morgan fingerprint density at radius 2 is 1.87 bits per heavy atom. The van der Waals surface area contributed by atoms with Crippen molar-refractivity contribution in [3.63, 3.8) is 0 Å². The van der Waals surface area contributed by atoms with Crippen LogP contribution in [-0.2, 0) is 13.1 Å². The Balaban J connectivity index is 1.43. The second kappa shape index (κ2) is 9.43. The average molecular weight is 415 g/mol. The normalized spacial score (nSPS) is 10.9. The first-order valence-corrected chi connectivity index (χ1v) is 10.4. The summed E-state index contributed by atoms with van der Waals surface area (Å²) < 4.78 is 8.15. The highest BCUT2D eigenvalue weighted by molar-refractivity contribution is 5.93. The molecule has 31 heavy (non-hydrogen) atoms. The number of aromatic nitrogens is 3. The number of hydrogen-bond donors (Lipinski definition) is 1. The number of amides is 1. The van der Waals surface area contributed by atoms with Crippen LogP contribution in [0.5, 0.6) is 5.75 Å². The van der Waals surface area contributed by atoms with Crippen LogP contribution >= 0.6 is 0 Å². The molecule has 0 bridgehead atoms. The van der Waals surface area contributed by atoms with Gasteiger partial charge in [0.25, 0.3) is 5.91 Å². The highest BCUT2D eigenvalue weighted by Crippen LogP contribution is 2.20. The summed E-state index contributed by atoms with van der Waals surface area (Å²) in [6, 6.07) is 17.6. The van der Waals surface area contributed by atoms with Gasteiger partial charge in [0.1, 0.15) is 11.6 Å². The molecule has 4 aromatic rings. The molecule has 0 aliphatic heterocycles. The van der Waals surface area contributed by atoms with Crippen LogP contribution in [0.25, 0.3) is 11.0 Å². The lowest BCUT2D eigenvalue weighted by Crippen LogP contribution is -2.25. The summed E-state index contributed by atoms with van der Waals surface area (Å²) >= 11 is 0. The van der Waals surface area contributed by atoms with E-state index in [1.165, 1.54) is 5.56 Å². The quantitative estimate of drug-likeness (QED) is 0.433. The van der Waals surface area contributed by atoms with Crippen molar-refractivity contribution < 1.29 is 9.53 Å². The molecule has 2 aromatic carbocycles. The van der Waals surface area contributed by atoms with Crippen LogP contribution in [0.1, 0.15) is 33.7 Å². The van der Waals surface area contributed by atoms with Gasteiger partial charge in [0.05, 0.1) is 24.2 Å². The molecule has 158 valence electrons. The van der Waals surface area contributed by atoms with Crippen molar-refractivity contribution in [3.05, 3.63) is 89.5 Å². The zero-order chi connectivity index (χ0) is 21.6. The molecule has 0 atom stereocenters. The van der Waals surface area contributed by atoms with Crippen LogP contribution in [0.3, 0.4) is 0 Å². The molecule has 2 heterocycles. The maximum Gasteiger partial charge on any atom is 0.251 e. The van der Waals surface area contributed by atoms with Gasteiger partial charge in [0.15, 0.2) is 0 Å². The summed E-state index contributed by atoms with van der Waals surface area (Å²) in [7, 11) is 0. The van der Waals surface area contributed by atoms with Crippen molar-refractivity contribution in [1.82, 2.24) is 19.9 Å². The van der Waals surface area contributed by atoms with Gasteiger partial charge in [-0.15, -0.1) is 0 Å². The van der Waals surface area contributed by atoms with Crippen molar-refractivity contribution in [2.75, 3.05) is 6.61 Å². The molecule has 0 aliphatic carbocycles. The minimum atomic E-state index is -0.140. The van der Waals surface area contributed by atoms with E-state index in [4.69, 9.17) is 9.72 Å². The smallest absolute Gasteiger partial charge is 0.251 e. The lowest BCUT2D eigenvalue weighted by molar-refractivity contribution is 0.0949. The van der Waals surface area contributed by atoms with Gasteiger partial charge in [-0.2, -0.15) is 0 Å². The minimum Gasteiger partial charge on any atom is -0.493 e. The highest BCUT2D eigenvalue weighted by atomic mass is 16.5. The second-order valence-electron chi connectivity index (χ2n) is 7.56. The van der Waals surface area contributed by atoms with Gasteiger partial charge >= 0.3 is 0 Å². The number of para-hydroxylation sites is 2. The Hall–Kier alpha value is -3.67. The van der Waals surface area contributed by atoms with Gasteiger partial charge in [-0.25, -0.2) is 4.98 Å². The number of aryl methyl sites for hydroxylation is 3. The van der Waals surface area contributed by atoms with E-state index in [1.807, 2.05) is 24.3 Å². The number of nitrogens with one attached hydrogen (secondary N) is 1. The Kier molecular flexibility index (Phi) is 6.26. The molecule has 6 nitrogen and oxygen atoms in total. The van der Waals surface area contributed by atoms with Gasteiger partial charge in [-0.3, -0.25) is 9.78 Å². The molecule has 6 heteroatoms. The van der Waals surface area contributed by atoms with Crippen LogP contribution in [0.15, 0.2) is 67.0 Å². The zero-order valence-electron chi connectivity index (χ0n) is 17.8. The summed E-state index contributed by atoms with van der Waals surface area (Å²) in [6.45, 7) is 5.87. The largest absolute Gasteiger partial charge is 0.493 e. The van der Waals surface area contributed by atoms with Gasteiger partial charge in [-0.05, 0) is 56.2 Å². The zero-order valence-corrected chi connectivity index (χ0v) is 17.8. The van der Waals surface area contributed by atoms with Gasteiger partial charge < -0.3 is 14.6 Å². The molecule has 0 unspecified atom stereocenters. The first-order valence-electron chi connectivity index (χ1n) is 10.4. The lowest BCUT2D eigenvalue weighted by atomic mass is 10.1. The second-order valence-corrected chi connectivity index (χ2v) is 7.56. The maximum atomic E-state index is 12.4. The van der Waals surface area contributed by atoms with Gasteiger partial charge in [0.2, 0.25) is 0 Å². The Morgan fingerprint density at radius 1 is 1.06 bits per heavy atom. The van der Waals surface area contributed by atoms with Crippen molar-refractivity contribution in [2.45, 2.75) is 33.4 Å². The SMILES string of the molecule is Cc1ccc(OCCCn2c(CNC(=O)c3ccncc3)nc3ccccc32)c(C)c1. The molecule has 0 saturated carbocycles. The fraction of sp³-hybridized carbons (Fsp3) is 0.240. The fourth-order valence-corrected chi connectivity index (χ4v) is 3.64. The third-order valence-electron chi connectivity index (χ3n) is 5.20. The van der Waals surface area contributed by atoms with E-state index in [9.17, 15) is 4.79 Å². The van der Waals surface area contributed by atoms with E-state index < -0.39 is 0 Å². The van der Waals surface area contributed by atoms with E-state index in [-0.39, 0.29) is 5.91 Å². The van der Waals surface area contributed by atoms with Crippen molar-refractivity contribution in [2.24, 2.45) is 0 Å². The average Bonchev–Trinajstić information content (AvgIpc) is 3.14. The molecule has 4 rings (SSSR count). The van der Waals surface area contributed by atoms with E-state index in [0.29, 0.717) is 18.7 Å². The molecule has 0 radical (unpaired) electrons. The predicted octanol–water partition coefficient (Wildman–Crippen LogP) is 4.45. The maximum absolute atomic E-state index is 12.4. The monoisotopic (exact) mass is 414 g/mol. The Morgan fingerprint density at radius 3 is 2.68 bits per heavy atom. The van der Waals surface area contributed by atoms with E-state index in [0.717, 1.165) is 41.1 Å². The molecule has 0 saturated heterocycles. The minimum absolute atomic E-state index is 0.140.